The van der Waals surface area contributed by atoms with Crippen molar-refractivity contribution in [3.05, 3.63) is 193 Å². The maximum atomic E-state index is 12.9. The van der Waals surface area contributed by atoms with Crippen LogP contribution in [0.15, 0.2) is 176 Å². The molecule has 3 unspecified atom stereocenters. The number of hydrogen-bond acceptors (Lipinski definition) is 7. The summed E-state index contributed by atoms with van der Waals surface area (Å²) in [5.74, 6) is 7.10. The second-order valence-corrected chi connectivity index (χ2v) is 26.8. The third-order valence-corrected chi connectivity index (χ3v) is 20.9. The number of carbonyl (C=O) groups excluding carboxylic acids is 2. The summed E-state index contributed by atoms with van der Waals surface area (Å²) in [6, 6.07) is 52.4. The molecule has 6 aromatic rings. The Morgan fingerprint density at radius 2 is 1.10 bits per heavy atom. The molecule has 0 heterocycles. The molecule has 17 heteroatoms. The minimum absolute atomic E-state index is 0. The molecule has 73 heavy (non-hydrogen) atoms. The molecule has 8 rings (SSSR count). The van der Waals surface area contributed by atoms with Gasteiger partial charge < -0.3 is 4.55 Å². The zero-order chi connectivity index (χ0) is 52.7. The van der Waals surface area contributed by atoms with Crippen molar-refractivity contribution in [3.8, 4) is 0 Å². The predicted molar refractivity (Wildman–Crippen MR) is 289 cm³/mol. The Hall–Kier alpha value is -4.53. The molecular weight excluding hydrogens is 1120 g/mol. The molecule has 2 saturated carbocycles. The van der Waals surface area contributed by atoms with Crippen molar-refractivity contribution >= 4 is 67.2 Å². The Morgan fingerprint density at radius 1 is 0.630 bits per heavy atom. The molecule has 0 spiro atoms. The molecule has 0 aromatic heterocycles. The SMILES string of the molecule is C=S(CCS(=NS(=O)(=O)c1ccc(C)cc1)c1ccccc1)c1ccccc1.Cc1cc(C)c([I-]c2ccccc2)c(C)c1.O=C1CCCC(c2ccccc2)C1.O=C1CCCCC1.O=S(=O)([O-])C(F)(F)F.[B]. The van der Waals surface area contributed by atoms with E-state index in [0.717, 1.165) is 61.2 Å². The Kier molecular flexibility index (Phi) is 27.0. The summed E-state index contributed by atoms with van der Waals surface area (Å²) in [4.78, 5) is 24.1. The van der Waals surface area contributed by atoms with Gasteiger partial charge in [-0.3, -0.25) is 9.59 Å². The molecule has 2 aliphatic rings. The molecule has 0 saturated heterocycles. The van der Waals surface area contributed by atoms with Crippen LogP contribution in [0, 0.1) is 34.8 Å². The number of benzene rings is 6. The van der Waals surface area contributed by atoms with Gasteiger partial charge in [0.15, 0.2) is 10.1 Å². The van der Waals surface area contributed by atoms with Crippen LogP contribution in [0.1, 0.15) is 91.5 Å². The van der Waals surface area contributed by atoms with Crippen LogP contribution in [0.2, 0.25) is 0 Å². The minimum atomic E-state index is -6.09. The number of Topliss-reactive ketones (excluding diaryl/α,β-unsaturated/α-hetero) is 2. The van der Waals surface area contributed by atoms with Crippen molar-refractivity contribution in [3.63, 3.8) is 0 Å². The molecule has 3 atom stereocenters. The molecule has 0 bridgehead atoms. The summed E-state index contributed by atoms with van der Waals surface area (Å²) in [7, 11) is -10.8. The van der Waals surface area contributed by atoms with Crippen LogP contribution in [0.3, 0.4) is 0 Å². The Labute approximate surface area is 448 Å². The van der Waals surface area contributed by atoms with Crippen LogP contribution in [0.4, 0.5) is 13.2 Å². The molecule has 3 radical (unpaired) electrons. The van der Waals surface area contributed by atoms with E-state index in [-0.39, 0.29) is 45.0 Å². The molecule has 6 aromatic carbocycles. The normalized spacial score (nSPS) is 15.5. The Bertz CT molecular complexity index is 2900. The summed E-state index contributed by atoms with van der Waals surface area (Å²) in [6.07, 6.45) is 9.03. The number of aryl methyl sites for hydroxylation is 4. The van der Waals surface area contributed by atoms with Gasteiger partial charge in [-0.05, 0) is 91.2 Å². The van der Waals surface area contributed by atoms with Crippen molar-refractivity contribution in [1.29, 1.82) is 0 Å². The molecule has 0 amide bonds. The fraction of sp³-hybridized carbons (Fsp3) is 0.304. The van der Waals surface area contributed by atoms with Crippen LogP contribution >= 0.6 is 10.5 Å². The van der Waals surface area contributed by atoms with Crippen molar-refractivity contribution in [2.75, 3.05) is 11.5 Å². The summed E-state index contributed by atoms with van der Waals surface area (Å²) in [6.45, 7) is 8.57. The van der Waals surface area contributed by atoms with E-state index >= 15 is 0 Å². The summed E-state index contributed by atoms with van der Waals surface area (Å²) < 4.78 is 92.0. The molecule has 2 aliphatic carbocycles. The Balaban J connectivity index is 0.000000265. The van der Waals surface area contributed by atoms with E-state index in [2.05, 4.69) is 109 Å². The van der Waals surface area contributed by atoms with Gasteiger partial charge in [0, 0.05) is 55.4 Å². The van der Waals surface area contributed by atoms with E-state index in [4.69, 9.17) is 13.0 Å². The second-order valence-electron chi connectivity index (χ2n) is 17.1. The first-order valence-corrected chi connectivity index (χ1v) is 31.3. The van der Waals surface area contributed by atoms with Gasteiger partial charge in [-0.25, -0.2) is 8.42 Å². The first kappa shape index (κ1) is 62.8. The van der Waals surface area contributed by atoms with E-state index < -0.39 is 36.3 Å². The summed E-state index contributed by atoms with van der Waals surface area (Å²) in [5.41, 5.74) is 0.979. The second kappa shape index (κ2) is 31.4. The van der Waals surface area contributed by atoms with Crippen molar-refractivity contribution in [2.45, 2.75) is 112 Å². The van der Waals surface area contributed by atoms with Gasteiger partial charge >= 0.3 is 114 Å². The van der Waals surface area contributed by atoms with Gasteiger partial charge in [-0.2, -0.15) is 32.1 Å². The van der Waals surface area contributed by atoms with Gasteiger partial charge in [-0.15, -0.1) is 3.77 Å². The van der Waals surface area contributed by atoms with E-state index in [1.807, 2.05) is 61.5 Å². The number of sulfonamides is 1. The number of alkyl halides is 3. The van der Waals surface area contributed by atoms with Crippen molar-refractivity contribution in [2.24, 2.45) is 3.77 Å². The van der Waals surface area contributed by atoms with Crippen LogP contribution in [0.5, 0.6) is 0 Å². The zero-order valence-electron chi connectivity index (χ0n) is 41.6. The first-order valence-electron chi connectivity index (χ1n) is 23.4. The van der Waals surface area contributed by atoms with Crippen LogP contribution in [-0.2, 0) is 40.4 Å². The predicted octanol–water partition coefficient (Wildman–Crippen LogP) is 10.1. The number of halogens is 4. The fourth-order valence-corrected chi connectivity index (χ4v) is 15.3. The average molecular weight is 1190 g/mol. The number of nitrogens with zero attached hydrogens (tertiary/aromatic N) is 1. The number of carbonyl (C=O) groups is 2. The third-order valence-electron chi connectivity index (χ3n) is 11.1. The van der Waals surface area contributed by atoms with E-state index in [0.29, 0.717) is 23.2 Å². The van der Waals surface area contributed by atoms with Crippen LogP contribution in [-0.4, -0.2) is 64.3 Å². The minimum Gasteiger partial charge on any atom is -0.741 e. The largest absolute Gasteiger partial charge is 0.741 e. The summed E-state index contributed by atoms with van der Waals surface area (Å²) in [5, 5.41) is 0. The topological polar surface area (TPSA) is 138 Å². The van der Waals surface area contributed by atoms with Gasteiger partial charge in [-0.1, -0.05) is 96.7 Å². The molecule has 391 valence electrons. The summed E-state index contributed by atoms with van der Waals surface area (Å²) >= 11 is -0.0275. The molecule has 2 fully saturated rings. The Morgan fingerprint density at radius 3 is 1.56 bits per heavy atom. The van der Waals surface area contributed by atoms with E-state index in [1.54, 1.807) is 27.8 Å². The number of rotatable bonds is 10. The third kappa shape index (κ3) is 22.9. The zero-order valence-corrected chi connectivity index (χ0v) is 47.0. The van der Waals surface area contributed by atoms with Gasteiger partial charge in [0.2, 0.25) is 0 Å². The van der Waals surface area contributed by atoms with Gasteiger partial charge in [0.25, 0.3) is 10.0 Å². The van der Waals surface area contributed by atoms with E-state index in [1.165, 1.54) is 43.6 Å². The quantitative estimate of drug-likeness (QED) is 0.0438. The fourth-order valence-electron chi connectivity index (χ4n) is 7.44. The number of ketones is 2. The maximum absolute atomic E-state index is 12.9. The smallest absolute Gasteiger partial charge is 0.485 e. The van der Waals surface area contributed by atoms with Crippen molar-refractivity contribution < 1.29 is 65.4 Å². The standard InChI is InChI=1S/C22H23NO2S3.C15H16I.C12H14O.C6H10O.CHF3O3S.B/c1-19-13-15-22(16-14-19)28(24,25)23-27(21-11-7-4-8-12-21)18-17-26(2)20-9-5-3-6-10-20;1-11-9-12(2)15(13(3)10-11)16-14-7-5-4-6-8-14;13-12-8-4-7-11(9-12)10-5-2-1-3-6-10;7-6-4-2-1-3-5-6;2-1(3,4)8(5,6)7;/h3-16H,2,17-18H2,1H3;4-10H,1-3H3;1-3,5-6,11H,4,7-9H2;1-5H2;(H,5,6,7);/q;-1;;;;/p-1. The first-order chi connectivity index (χ1) is 34.1. The average Bonchev–Trinajstić information content (AvgIpc) is 3.35. The molecule has 0 N–H and O–H groups in total. The maximum Gasteiger partial charge on any atom is 0.485 e. The molecule has 8 nitrogen and oxygen atoms in total. The van der Waals surface area contributed by atoms with Crippen LogP contribution in [0.25, 0.3) is 0 Å². The van der Waals surface area contributed by atoms with Crippen LogP contribution < -0.4 is 21.2 Å². The number of hydrogen-bond donors (Lipinski definition) is 0. The van der Waals surface area contributed by atoms with Gasteiger partial charge in [0.1, 0.15) is 11.6 Å². The van der Waals surface area contributed by atoms with Gasteiger partial charge in [0.05, 0.1) is 4.90 Å². The molecule has 0 aliphatic heterocycles. The molecular formula is C56H63BF3INO7S4-2. The van der Waals surface area contributed by atoms with E-state index in [9.17, 15) is 31.2 Å². The van der Waals surface area contributed by atoms with Crippen molar-refractivity contribution in [1.82, 2.24) is 0 Å². The monoisotopic (exact) mass is 1180 g/mol.